The molecule has 3 aromatic carbocycles. The number of aromatic hydroxyl groups is 1. The van der Waals surface area contributed by atoms with Crippen LogP contribution in [0, 0.1) is 11.3 Å². The zero-order valence-electron chi connectivity index (χ0n) is 21.7. The predicted octanol–water partition coefficient (Wildman–Crippen LogP) is 8.45. The molecule has 0 aliphatic carbocycles. The van der Waals surface area contributed by atoms with Gasteiger partial charge in [0.05, 0.1) is 18.1 Å². The predicted molar refractivity (Wildman–Crippen MR) is 167 cm³/mol. The summed E-state index contributed by atoms with van der Waals surface area (Å²) in [6.07, 6.45) is 5.54. The highest BCUT2D eigenvalue weighted by Gasteiger charge is 2.14. The number of aromatic nitrogens is 1. The number of hydrogen-bond acceptors (Lipinski definition) is 6. The Kier molecular flexibility index (Phi) is 6.89. The van der Waals surface area contributed by atoms with Crippen molar-refractivity contribution in [2.45, 2.75) is 0 Å². The first kappa shape index (κ1) is 26.1. The lowest BCUT2D eigenvalue weighted by Crippen LogP contribution is -1.96. The molecule has 0 fully saturated rings. The second kappa shape index (κ2) is 10.8. The van der Waals surface area contributed by atoms with E-state index in [2.05, 4.69) is 47.1 Å². The summed E-state index contributed by atoms with van der Waals surface area (Å²) in [6.45, 7) is 0. The summed E-state index contributed by atoms with van der Waals surface area (Å²) in [5, 5.41) is 30.2. The van der Waals surface area contributed by atoms with E-state index in [-0.39, 0.29) is 11.3 Å². The van der Waals surface area contributed by atoms with Gasteiger partial charge in [-0.3, -0.25) is 0 Å². The third-order valence-corrected chi connectivity index (χ3v) is 8.96. The van der Waals surface area contributed by atoms with Crippen molar-refractivity contribution in [1.29, 1.82) is 5.26 Å². The molecule has 0 aliphatic heterocycles. The SMILES string of the molecule is COc1ccc2c(c1)c1cc(O)ccc1n2-c1ccc(/C=C/c2ccc(-c3ccc(/C=C(\C#N)C(=O)O)s3)s2)cc1. The molecular weight excluding hydrogens is 553 g/mol. The van der Waals surface area contributed by atoms with Crippen LogP contribution in [0.5, 0.6) is 11.5 Å². The molecule has 0 bridgehead atoms. The Labute approximate surface area is 243 Å². The van der Waals surface area contributed by atoms with E-state index < -0.39 is 5.97 Å². The van der Waals surface area contributed by atoms with Crippen LogP contribution in [0.25, 0.3) is 55.5 Å². The van der Waals surface area contributed by atoms with Crippen LogP contribution in [0.4, 0.5) is 0 Å². The van der Waals surface area contributed by atoms with Gasteiger partial charge < -0.3 is 19.5 Å². The average Bonchev–Trinajstić information content (AvgIpc) is 3.72. The average molecular weight is 575 g/mol. The lowest BCUT2D eigenvalue weighted by Gasteiger charge is -2.08. The number of ether oxygens (including phenoxy) is 1. The summed E-state index contributed by atoms with van der Waals surface area (Å²) in [6, 6.07) is 29.3. The number of aliphatic carboxylic acids is 1. The Hall–Kier alpha value is -5.10. The van der Waals surface area contributed by atoms with E-state index in [1.54, 1.807) is 36.6 Å². The summed E-state index contributed by atoms with van der Waals surface area (Å²) in [5.41, 5.74) is 3.82. The molecule has 6 nitrogen and oxygen atoms in total. The molecule has 3 heterocycles. The van der Waals surface area contributed by atoms with Crippen molar-refractivity contribution in [2.75, 3.05) is 7.11 Å². The fourth-order valence-corrected chi connectivity index (χ4v) is 6.68. The number of nitriles is 1. The number of carboxylic acid groups (broad SMARTS) is 1. The van der Waals surface area contributed by atoms with E-state index in [4.69, 9.17) is 15.1 Å². The molecule has 200 valence electrons. The number of carboxylic acids is 1. The highest BCUT2D eigenvalue weighted by molar-refractivity contribution is 7.23. The molecular formula is C33H22N2O4S2. The maximum atomic E-state index is 11.1. The Bertz CT molecular complexity index is 2040. The van der Waals surface area contributed by atoms with Gasteiger partial charge in [-0.1, -0.05) is 18.2 Å². The van der Waals surface area contributed by atoms with Gasteiger partial charge in [-0.05, 0) is 90.5 Å². The monoisotopic (exact) mass is 574 g/mol. The van der Waals surface area contributed by atoms with E-state index in [0.29, 0.717) is 0 Å². The van der Waals surface area contributed by atoms with Crippen LogP contribution in [0.3, 0.4) is 0 Å². The van der Waals surface area contributed by atoms with Gasteiger partial charge in [0, 0.05) is 36.0 Å². The lowest BCUT2D eigenvalue weighted by atomic mass is 10.1. The Morgan fingerprint density at radius 2 is 1.51 bits per heavy atom. The van der Waals surface area contributed by atoms with Gasteiger partial charge in [-0.2, -0.15) is 5.26 Å². The van der Waals surface area contributed by atoms with Gasteiger partial charge in [0.1, 0.15) is 23.1 Å². The molecule has 41 heavy (non-hydrogen) atoms. The van der Waals surface area contributed by atoms with E-state index in [1.165, 1.54) is 17.4 Å². The minimum absolute atomic E-state index is 0.222. The molecule has 8 heteroatoms. The molecule has 3 aromatic heterocycles. The molecule has 2 N–H and O–H groups in total. The summed E-state index contributed by atoms with van der Waals surface area (Å²) in [7, 11) is 1.65. The first-order chi connectivity index (χ1) is 19.9. The van der Waals surface area contributed by atoms with Crippen molar-refractivity contribution in [3.8, 4) is 33.0 Å². The first-order valence-electron chi connectivity index (χ1n) is 12.6. The molecule has 0 radical (unpaired) electrons. The maximum Gasteiger partial charge on any atom is 0.346 e. The topological polar surface area (TPSA) is 95.5 Å². The standard InChI is InChI=1S/C33H22N2O4S2/c1-39-24-8-13-30-28(18-24)27-17-23(36)7-12-29(27)35(30)22-5-2-20(3-6-22)4-9-25-10-14-31(40-25)32-15-11-26(41-32)16-21(19-34)33(37)38/h2-18,36H,1H3,(H,37,38)/b9-4+,21-16+. The molecule has 6 aromatic rings. The van der Waals surface area contributed by atoms with Crippen molar-refractivity contribution in [3.05, 3.63) is 106 Å². The minimum Gasteiger partial charge on any atom is -0.508 e. The highest BCUT2D eigenvalue weighted by Crippen LogP contribution is 2.37. The van der Waals surface area contributed by atoms with Crippen LogP contribution in [0.15, 0.2) is 90.5 Å². The third kappa shape index (κ3) is 5.12. The molecule has 0 saturated carbocycles. The number of nitrogens with zero attached hydrogens (tertiary/aromatic N) is 2. The maximum absolute atomic E-state index is 11.1. The second-order valence-electron chi connectivity index (χ2n) is 9.22. The fraction of sp³-hybridized carbons (Fsp3) is 0.0303. The van der Waals surface area contributed by atoms with Crippen LogP contribution < -0.4 is 4.74 Å². The number of methoxy groups -OCH3 is 1. The van der Waals surface area contributed by atoms with Gasteiger partial charge in [0.15, 0.2) is 0 Å². The van der Waals surface area contributed by atoms with Gasteiger partial charge in [0.25, 0.3) is 0 Å². The molecule has 0 atom stereocenters. The largest absolute Gasteiger partial charge is 0.508 e. The zero-order chi connectivity index (χ0) is 28.5. The zero-order valence-corrected chi connectivity index (χ0v) is 23.4. The molecule has 0 aliphatic rings. The van der Waals surface area contributed by atoms with Crippen LogP contribution in [-0.2, 0) is 4.79 Å². The van der Waals surface area contributed by atoms with Gasteiger partial charge in [-0.25, -0.2) is 4.79 Å². The molecule has 0 unspecified atom stereocenters. The van der Waals surface area contributed by atoms with Crippen molar-refractivity contribution in [3.63, 3.8) is 0 Å². The number of phenols is 1. The van der Waals surface area contributed by atoms with Gasteiger partial charge >= 0.3 is 5.97 Å². The number of thiophene rings is 2. The van der Waals surface area contributed by atoms with Gasteiger partial charge in [-0.15, -0.1) is 22.7 Å². The lowest BCUT2D eigenvalue weighted by molar-refractivity contribution is -0.132. The molecule has 0 amide bonds. The van der Waals surface area contributed by atoms with Crippen molar-refractivity contribution in [2.24, 2.45) is 0 Å². The van der Waals surface area contributed by atoms with E-state index >= 15 is 0 Å². The number of benzene rings is 3. The Morgan fingerprint density at radius 3 is 2.20 bits per heavy atom. The van der Waals surface area contributed by atoms with Crippen LogP contribution in [0.2, 0.25) is 0 Å². The van der Waals surface area contributed by atoms with Crippen LogP contribution in [-0.4, -0.2) is 27.9 Å². The van der Waals surface area contributed by atoms with Crippen molar-refractivity contribution >= 4 is 68.7 Å². The van der Waals surface area contributed by atoms with Crippen molar-refractivity contribution < 1.29 is 19.7 Å². The number of fused-ring (bicyclic) bond motifs is 3. The van der Waals surface area contributed by atoms with E-state index in [0.717, 1.165) is 58.3 Å². The number of hydrogen-bond donors (Lipinski definition) is 2. The molecule has 0 spiro atoms. The van der Waals surface area contributed by atoms with E-state index in [9.17, 15) is 9.90 Å². The van der Waals surface area contributed by atoms with Crippen molar-refractivity contribution in [1.82, 2.24) is 4.57 Å². The third-order valence-electron chi connectivity index (χ3n) is 6.68. The Balaban J connectivity index is 1.25. The smallest absolute Gasteiger partial charge is 0.346 e. The highest BCUT2D eigenvalue weighted by atomic mass is 32.1. The first-order valence-corrected chi connectivity index (χ1v) is 14.2. The number of rotatable bonds is 7. The van der Waals surface area contributed by atoms with Crippen LogP contribution >= 0.6 is 22.7 Å². The summed E-state index contributed by atoms with van der Waals surface area (Å²) < 4.78 is 7.62. The number of phenolic OH excluding ortho intramolecular Hbond substituents is 1. The molecule has 0 saturated heterocycles. The summed E-state index contributed by atoms with van der Waals surface area (Å²) in [4.78, 5) is 15.0. The minimum atomic E-state index is -1.23. The summed E-state index contributed by atoms with van der Waals surface area (Å²) in [5.74, 6) is -0.242. The van der Waals surface area contributed by atoms with Gasteiger partial charge in [0.2, 0.25) is 0 Å². The quantitative estimate of drug-likeness (QED) is 0.147. The number of carbonyl (C=O) groups is 1. The van der Waals surface area contributed by atoms with E-state index in [1.807, 2.05) is 42.5 Å². The van der Waals surface area contributed by atoms with Crippen LogP contribution in [0.1, 0.15) is 15.3 Å². The molecule has 6 rings (SSSR count). The Morgan fingerprint density at radius 1 is 0.854 bits per heavy atom. The summed E-state index contributed by atoms with van der Waals surface area (Å²) >= 11 is 3.10. The second-order valence-corrected chi connectivity index (χ2v) is 11.5. The normalized spacial score (nSPS) is 11.9. The fourth-order valence-electron chi connectivity index (χ4n) is 4.73.